The summed E-state index contributed by atoms with van der Waals surface area (Å²) in [6, 6.07) is 29.6. The Labute approximate surface area is 259 Å². The normalized spacial score (nSPS) is 17.3. The van der Waals surface area contributed by atoms with E-state index in [9.17, 15) is 19.5 Å². The predicted molar refractivity (Wildman–Crippen MR) is 171 cm³/mol. The maximum atomic E-state index is 14.5. The van der Waals surface area contributed by atoms with Gasteiger partial charge in [-0.15, -0.1) is 0 Å². The third-order valence-corrected chi connectivity index (χ3v) is 8.60. The zero-order valence-electron chi connectivity index (χ0n) is 25.4. The van der Waals surface area contributed by atoms with Gasteiger partial charge in [-0.2, -0.15) is 0 Å². The molecule has 0 unspecified atom stereocenters. The van der Waals surface area contributed by atoms with E-state index in [1.54, 1.807) is 25.8 Å². The Bertz CT molecular complexity index is 1470. The lowest BCUT2D eigenvalue weighted by molar-refractivity contribution is -0.152. The molecule has 2 aliphatic rings. The number of carboxylic acids is 1. The lowest BCUT2D eigenvalue weighted by atomic mass is 9.75. The first kappa shape index (κ1) is 30.5. The number of hydrogen-bond donors (Lipinski definition) is 1. The van der Waals surface area contributed by atoms with Gasteiger partial charge in [0.15, 0.2) is 0 Å². The number of likely N-dealkylation sites (tertiary alicyclic amines) is 1. The quantitative estimate of drug-likeness (QED) is 0.326. The van der Waals surface area contributed by atoms with Crippen molar-refractivity contribution in [2.75, 3.05) is 20.1 Å². The van der Waals surface area contributed by atoms with E-state index >= 15 is 0 Å². The summed E-state index contributed by atoms with van der Waals surface area (Å²) in [5.41, 5.74) is 2.56. The second kappa shape index (κ2) is 13.2. The molecule has 1 saturated heterocycles. The van der Waals surface area contributed by atoms with Crippen LogP contribution in [0.5, 0.6) is 0 Å². The molecular weight excluding hydrogens is 550 g/mol. The van der Waals surface area contributed by atoms with Gasteiger partial charge in [-0.05, 0) is 41.2 Å². The van der Waals surface area contributed by atoms with Crippen LogP contribution in [0.15, 0.2) is 127 Å². The van der Waals surface area contributed by atoms with Gasteiger partial charge in [-0.1, -0.05) is 117 Å². The lowest BCUT2D eigenvalue weighted by Gasteiger charge is -2.46. The van der Waals surface area contributed by atoms with E-state index in [-0.39, 0.29) is 24.3 Å². The van der Waals surface area contributed by atoms with Crippen LogP contribution in [0.4, 0.5) is 0 Å². The summed E-state index contributed by atoms with van der Waals surface area (Å²) in [6.07, 6.45) is 9.96. The average molecular weight is 590 g/mol. The van der Waals surface area contributed by atoms with Crippen LogP contribution < -0.4 is 0 Å². The summed E-state index contributed by atoms with van der Waals surface area (Å²) in [7, 11) is 1.55. The molecule has 0 saturated carbocycles. The van der Waals surface area contributed by atoms with Gasteiger partial charge in [0, 0.05) is 26.3 Å². The Kier molecular flexibility index (Phi) is 9.14. The highest BCUT2D eigenvalue weighted by Crippen LogP contribution is 2.45. The van der Waals surface area contributed by atoms with Crippen molar-refractivity contribution in [3.05, 3.63) is 144 Å². The van der Waals surface area contributed by atoms with E-state index in [1.165, 1.54) is 4.90 Å². The minimum atomic E-state index is -1.03. The summed E-state index contributed by atoms with van der Waals surface area (Å²) >= 11 is 0. The van der Waals surface area contributed by atoms with Crippen molar-refractivity contribution < 1.29 is 19.5 Å². The Morgan fingerprint density at radius 3 is 1.82 bits per heavy atom. The van der Waals surface area contributed by atoms with Crippen molar-refractivity contribution in [3.63, 3.8) is 0 Å². The van der Waals surface area contributed by atoms with E-state index in [4.69, 9.17) is 0 Å². The molecule has 2 heterocycles. The zero-order valence-corrected chi connectivity index (χ0v) is 25.4. The number of hydrogen-bond acceptors (Lipinski definition) is 4. The Morgan fingerprint density at radius 2 is 1.34 bits per heavy atom. The molecule has 3 aromatic rings. The van der Waals surface area contributed by atoms with Gasteiger partial charge in [0.1, 0.15) is 17.3 Å². The first-order chi connectivity index (χ1) is 21.3. The van der Waals surface area contributed by atoms with Crippen molar-refractivity contribution in [1.29, 1.82) is 0 Å². The minimum Gasteiger partial charge on any atom is -0.480 e. The van der Waals surface area contributed by atoms with Crippen LogP contribution in [0.1, 0.15) is 37.0 Å². The number of carbonyl (C=O) groups excluding carboxylic acids is 2. The number of rotatable bonds is 9. The molecule has 0 aromatic heterocycles. The minimum absolute atomic E-state index is 0.190. The van der Waals surface area contributed by atoms with E-state index < -0.39 is 23.5 Å². The molecule has 226 valence electrons. The van der Waals surface area contributed by atoms with Crippen molar-refractivity contribution >= 4 is 17.8 Å². The van der Waals surface area contributed by atoms with Crippen molar-refractivity contribution in [1.82, 2.24) is 14.7 Å². The van der Waals surface area contributed by atoms with Gasteiger partial charge < -0.3 is 19.8 Å². The predicted octanol–water partition coefficient (Wildman–Crippen LogP) is 5.66. The molecule has 2 aliphatic heterocycles. The zero-order chi connectivity index (χ0) is 31.3. The first-order valence-corrected chi connectivity index (χ1v) is 15.1. The molecule has 2 atom stereocenters. The smallest absolute Gasteiger partial charge is 0.326 e. The topological polar surface area (TPSA) is 81.2 Å². The molecule has 0 bridgehead atoms. The average Bonchev–Trinajstić information content (AvgIpc) is 3.41. The van der Waals surface area contributed by atoms with Crippen LogP contribution in [-0.4, -0.2) is 63.8 Å². The third kappa shape index (κ3) is 5.70. The summed E-state index contributed by atoms with van der Waals surface area (Å²) in [5, 5.41) is 9.75. The van der Waals surface area contributed by atoms with E-state index in [0.29, 0.717) is 18.7 Å². The van der Waals surface area contributed by atoms with Gasteiger partial charge in [0.2, 0.25) is 5.91 Å². The largest absolute Gasteiger partial charge is 0.480 e. The van der Waals surface area contributed by atoms with E-state index in [0.717, 1.165) is 16.7 Å². The highest BCUT2D eigenvalue weighted by Gasteiger charge is 2.45. The summed E-state index contributed by atoms with van der Waals surface area (Å²) < 4.78 is 0. The number of benzene rings is 3. The van der Waals surface area contributed by atoms with Crippen LogP contribution in [0.2, 0.25) is 0 Å². The van der Waals surface area contributed by atoms with Crippen molar-refractivity contribution in [2.24, 2.45) is 11.8 Å². The second-order valence-corrected chi connectivity index (χ2v) is 11.7. The Balaban J connectivity index is 1.56. The molecule has 1 fully saturated rings. The second-order valence-electron chi connectivity index (χ2n) is 11.7. The number of amides is 2. The molecular formula is C37H39N3O4. The molecule has 0 aliphatic carbocycles. The fraction of sp³-hybridized carbons (Fsp3) is 0.270. The maximum Gasteiger partial charge on any atom is 0.326 e. The summed E-state index contributed by atoms with van der Waals surface area (Å²) in [6.45, 7) is 4.20. The number of allylic oxidation sites excluding steroid dienone is 4. The first-order valence-electron chi connectivity index (χ1n) is 15.1. The molecule has 44 heavy (non-hydrogen) atoms. The van der Waals surface area contributed by atoms with E-state index in [1.807, 2.05) is 85.1 Å². The van der Waals surface area contributed by atoms with E-state index in [2.05, 4.69) is 41.3 Å². The number of carbonyl (C=O) groups is 3. The monoisotopic (exact) mass is 589 g/mol. The van der Waals surface area contributed by atoms with Gasteiger partial charge >= 0.3 is 5.97 Å². The fourth-order valence-electron chi connectivity index (χ4n) is 6.56. The van der Waals surface area contributed by atoms with Crippen LogP contribution in [0, 0.1) is 11.8 Å². The lowest BCUT2D eigenvalue weighted by Crippen LogP contribution is -2.49. The van der Waals surface area contributed by atoms with Gasteiger partial charge in [-0.3, -0.25) is 9.59 Å². The van der Waals surface area contributed by atoms with Crippen LogP contribution in [-0.2, 0) is 19.9 Å². The number of carboxylic acid groups (broad SMARTS) is 1. The fourth-order valence-corrected chi connectivity index (χ4v) is 6.56. The molecule has 1 N–H and O–H groups in total. The highest BCUT2D eigenvalue weighted by atomic mass is 16.4. The van der Waals surface area contributed by atoms with Gasteiger partial charge in [0.25, 0.3) is 5.91 Å². The Morgan fingerprint density at radius 1 is 0.818 bits per heavy atom. The molecule has 7 heteroatoms. The van der Waals surface area contributed by atoms with Gasteiger partial charge in [0.05, 0.1) is 5.92 Å². The number of nitrogens with zero attached hydrogens (tertiary/aromatic N) is 3. The number of aliphatic carboxylic acids is 1. The molecule has 7 nitrogen and oxygen atoms in total. The summed E-state index contributed by atoms with van der Waals surface area (Å²) in [4.78, 5) is 45.0. The maximum absolute atomic E-state index is 14.5. The molecule has 5 rings (SSSR count). The van der Waals surface area contributed by atoms with Crippen LogP contribution >= 0.6 is 0 Å². The molecule has 0 radical (unpaired) electrons. The number of likely N-dealkylation sites (N-methyl/N-ethyl adjacent to an activating group) is 1. The SMILES string of the molecule is CC(C)[C@@H](C(=O)O)N(C)C(=O)[C@H]1CCN(C(=O)C2=CC=CC=CN2C(c2ccccc2)(c2ccccc2)c2ccccc2)C1. The third-order valence-electron chi connectivity index (χ3n) is 8.60. The highest BCUT2D eigenvalue weighted by molar-refractivity contribution is 5.95. The van der Waals surface area contributed by atoms with Crippen LogP contribution in [0.3, 0.4) is 0 Å². The van der Waals surface area contributed by atoms with Crippen molar-refractivity contribution in [2.45, 2.75) is 31.8 Å². The molecule has 3 aromatic carbocycles. The van der Waals surface area contributed by atoms with Gasteiger partial charge in [-0.25, -0.2) is 4.79 Å². The molecule has 2 amide bonds. The standard InChI is InChI=1S/C37H39N3O4/c1-27(2)33(36(43)44)38(3)34(41)28-23-25-39(26-28)35(42)32-22-14-7-15-24-40(32)37(29-16-8-4-9-17-29,30-18-10-5-11-19-30)31-20-12-6-13-21-31/h4-22,24,27-28,33H,23,25-26H2,1-3H3,(H,43,44)/t28-,33-/m0/s1. The van der Waals surface area contributed by atoms with Crippen LogP contribution in [0.25, 0.3) is 0 Å². The molecule has 0 spiro atoms. The summed E-state index contributed by atoms with van der Waals surface area (Å²) in [5.74, 6) is -2.19. The van der Waals surface area contributed by atoms with Crippen molar-refractivity contribution in [3.8, 4) is 0 Å². The Hall–Kier alpha value is -4.91.